The number of ether oxygens (including phenoxy) is 2. The second-order valence-corrected chi connectivity index (χ2v) is 6.06. The van der Waals surface area contributed by atoms with E-state index in [1.165, 1.54) is 19.2 Å². The van der Waals surface area contributed by atoms with Gasteiger partial charge in [0.1, 0.15) is 6.61 Å². The van der Waals surface area contributed by atoms with E-state index in [-0.39, 0.29) is 5.56 Å². The van der Waals surface area contributed by atoms with Gasteiger partial charge >= 0.3 is 0 Å². The highest BCUT2D eigenvalue weighted by Crippen LogP contribution is 2.37. The maximum Gasteiger partial charge on any atom is 0.175 e. The molecule has 4 nitrogen and oxygen atoms in total. The number of fused-ring (bicyclic) bond motifs is 1. The second kappa shape index (κ2) is 6.93. The molecule has 0 aliphatic carbocycles. The molecule has 122 valence electrons. The Morgan fingerprint density at radius 3 is 2.62 bits per heavy atom. The smallest absolute Gasteiger partial charge is 0.175 e. The predicted octanol–water partition coefficient (Wildman–Crippen LogP) is 3.55. The van der Waals surface area contributed by atoms with Gasteiger partial charge in [-0.15, -0.1) is 0 Å². The van der Waals surface area contributed by atoms with Crippen molar-refractivity contribution in [3.63, 3.8) is 0 Å². The SMILES string of the molecule is COc1cc(C(=O)[O-])cc(Br)c1OCc1cccc2ccccc12. The van der Waals surface area contributed by atoms with Crippen LogP contribution in [-0.2, 0) is 6.61 Å². The molecule has 0 radical (unpaired) electrons. The maximum atomic E-state index is 11.0. The predicted molar refractivity (Wildman–Crippen MR) is 93.3 cm³/mol. The van der Waals surface area contributed by atoms with Crippen LogP contribution in [0.2, 0.25) is 0 Å². The highest BCUT2D eigenvalue weighted by molar-refractivity contribution is 9.10. The Kier molecular flexibility index (Phi) is 4.71. The minimum absolute atomic E-state index is 0.0243. The van der Waals surface area contributed by atoms with Gasteiger partial charge < -0.3 is 19.4 Å². The highest BCUT2D eigenvalue weighted by atomic mass is 79.9. The van der Waals surface area contributed by atoms with Crippen molar-refractivity contribution in [3.05, 3.63) is 70.2 Å². The lowest BCUT2D eigenvalue weighted by atomic mass is 10.1. The number of methoxy groups -OCH3 is 1. The first-order chi connectivity index (χ1) is 11.6. The first-order valence-electron chi connectivity index (χ1n) is 7.28. The van der Waals surface area contributed by atoms with E-state index >= 15 is 0 Å². The molecule has 0 aliphatic rings. The minimum atomic E-state index is -1.27. The van der Waals surface area contributed by atoms with Gasteiger partial charge in [-0.1, -0.05) is 42.5 Å². The fraction of sp³-hybridized carbons (Fsp3) is 0.105. The maximum absolute atomic E-state index is 11.0. The molecule has 3 rings (SSSR count). The van der Waals surface area contributed by atoms with E-state index in [4.69, 9.17) is 9.47 Å². The van der Waals surface area contributed by atoms with Gasteiger partial charge in [0.05, 0.1) is 17.6 Å². The van der Waals surface area contributed by atoms with E-state index < -0.39 is 5.97 Å². The summed E-state index contributed by atoms with van der Waals surface area (Å²) >= 11 is 3.33. The number of carboxylic acid groups (broad SMARTS) is 1. The fourth-order valence-electron chi connectivity index (χ4n) is 2.55. The molecule has 0 amide bonds. The monoisotopic (exact) mass is 385 g/mol. The lowest BCUT2D eigenvalue weighted by Gasteiger charge is -2.15. The van der Waals surface area contributed by atoms with E-state index in [1.54, 1.807) is 0 Å². The Morgan fingerprint density at radius 2 is 1.88 bits per heavy atom. The Hall–Kier alpha value is -2.53. The van der Waals surface area contributed by atoms with Crippen molar-refractivity contribution in [1.82, 2.24) is 0 Å². The van der Waals surface area contributed by atoms with Crippen LogP contribution in [0.25, 0.3) is 10.8 Å². The number of carboxylic acids is 1. The third kappa shape index (κ3) is 3.21. The molecule has 5 heteroatoms. The van der Waals surface area contributed by atoms with E-state index in [1.807, 2.05) is 42.5 Å². The Morgan fingerprint density at radius 1 is 1.12 bits per heavy atom. The quantitative estimate of drug-likeness (QED) is 0.673. The summed E-state index contributed by atoms with van der Waals surface area (Å²) in [6, 6.07) is 16.9. The topological polar surface area (TPSA) is 58.6 Å². The average Bonchev–Trinajstić information content (AvgIpc) is 2.60. The first-order valence-corrected chi connectivity index (χ1v) is 8.08. The summed E-state index contributed by atoms with van der Waals surface area (Å²) in [6.07, 6.45) is 0. The Bertz CT molecular complexity index is 900. The summed E-state index contributed by atoms with van der Waals surface area (Å²) in [5.41, 5.74) is 1.06. The van der Waals surface area contributed by atoms with Gasteiger partial charge in [0.2, 0.25) is 0 Å². The van der Waals surface area contributed by atoms with Crippen LogP contribution in [0.15, 0.2) is 59.1 Å². The number of carbonyl (C=O) groups is 1. The van der Waals surface area contributed by atoms with Crippen molar-refractivity contribution in [3.8, 4) is 11.5 Å². The highest BCUT2D eigenvalue weighted by Gasteiger charge is 2.13. The van der Waals surface area contributed by atoms with Crippen LogP contribution in [0, 0.1) is 0 Å². The molecule has 0 saturated carbocycles. The van der Waals surface area contributed by atoms with Crippen molar-refractivity contribution in [2.75, 3.05) is 7.11 Å². The van der Waals surface area contributed by atoms with E-state index in [9.17, 15) is 9.90 Å². The average molecular weight is 386 g/mol. The third-order valence-electron chi connectivity index (χ3n) is 3.72. The van der Waals surface area contributed by atoms with E-state index in [0.717, 1.165) is 16.3 Å². The zero-order valence-electron chi connectivity index (χ0n) is 12.9. The van der Waals surface area contributed by atoms with Gasteiger partial charge in [0.25, 0.3) is 0 Å². The molecule has 24 heavy (non-hydrogen) atoms. The fourth-order valence-corrected chi connectivity index (χ4v) is 3.10. The van der Waals surface area contributed by atoms with Crippen LogP contribution < -0.4 is 14.6 Å². The third-order valence-corrected chi connectivity index (χ3v) is 4.31. The Labute approximate surface area is 147 Å². The van der Waals surface area contributed by atoms with E-state index in [2.05, 4.69) is 15.9 Å². The van der Waals surface area contributed by atoms with Crippen molar-refractivity contribution >= 4 is 32.7 Å². The van der Waals surface area contributed by atoms with Gasteiger partial charge in [-0.25, -0.2) is 0 Å². The summed E-state index contributed by atoms with van der Waals surface area (Å²) in [5.74, 6) is -0.478. The van der Waals surface area contributed by atoms with Gasteiger partial charge in [0, 0.05) is 5.56 Å². The van der Waals surface area contributed by atoms with Crippen molar-refractivity contribution in [2.24, 2.45) is 0 Å². The number of hydrogen-bond donors (Lipinski definition) is 0. The summed E-state index contributed by atoms with van der Waals surface area (Å²) in [6.45, 7) is 0.334. The van der Waals surface area contributed by atoms with E-state index in [0.29, 0.717) is 22.6 Å². The molecule has 0 fully saturated rings. The molecule has 0 spiro atoms. The van der Waals surface area contributed by atoms with Gasteiger partial charge in [-0.2, -0.15) is 0 Å². The summed E-state index contributed by atoms with van der Waals surface area (Å²) in [7, 11) is 1.46. The zero-order chi connectivity index (χ0) is 17.1. The minimum Gasteiger partial charge on any atom is -0.545 e. The second-order valence-electron chi connectivity index (χ2n) is 5.20. The normalized spacial score (nSPS) is 10.6. The molecule has 0 saturated heterocycles. The van der Waals surface area contributed by atoms with Crippen LogP contribution in [0.1, 0.15) is 15.9 Å². The molecule has 0 atom stereocenters. The molecule has 3 aromatic carbocycles. The lowest BCUT2D eigenvalue weighted by Crippen LogP contribution is -2.22. The first kappa shape index (κ1) is 16.3. The van der Waals surface area contributed by atoms with Gasteiger partial charge in [-0.05, 0) is 44.4 Å². The molecule has 3 aromatic rings. The molecule has 0 aromatic heterocycles. The van der Waals surface area contributed by atoms with Crippen LogP contribution >= 0.6 is 15.9 Å². The molecule has 0 N–H and O–H groups in total. The van der Waals surface area contributed by atoms with Crippen LogP contribution in [0.5, 0.6) is 11.5 Å². The van der Waals surface area contributed by atoms with Crippen molar-refractivity contribution in [2.45, 2.75) is 6.61 Å². The number of rotatable bonds is 5. The number of benzene rings is 3. The van der Waals surface area contributed by atoms with Gasteiger partial charge in [-0.3, -0.25) is 0 Å². The van der Waals surface area contributed by atoms with Gasteiger partial charge in [0.15, 0.2) is 11.5 Å². The lowest BCUT2D eigenvalue weighted by molar-refractivity contribution is -0.255. The van der Waals surface area contributed by atoms with Crippen molar-refractivity contribution < 1.29 is 19.4 Å². The van der Waals surface area contributed by atoms with Crippen LogP contribution in [0.4, 0.5) is 0 Å². The molecule has 0 bridgehead atoms. The molecular formula is C19H14BrO4-. The number of hydrogen-bond acceptors (Lipinski definition) is 4. The summed E-state index contributed by atoms with van der Waals surface area (Å²) < 4.78 is 11.7. The summed E-state index contributed by atoms with van der Waals surface area (Å²) in [5, 5.41) is 13.3. The van der Waals surface area contributed by atoms with Crippen molar-refractivity contribution in [1.29, 1.82) is 0 Å². The standard InChI is InChI=1S/C19H15BrO4/c1-23-17-10-14(19(21)22)9-16(20)18(17)24-11-13-7-4-6-12-5-2-3-8-15(12)13/h2-10H,11H2,1H3,(H,21,22)/p-1. The number of aromatic carboxylic acids is 1. The molecular weight excluding hydrogens is 372 g/mol. The number of carbonyl (C=O) groups excluding carboxylic acids is 1. The molecule has 0 unspecified atom stereocenters. The summed E-state index contributed by atoms with van der Waals surface area (Å²) in [4.78, 5) is 11.0. The van der Waals surface area contributed by atoms with Crippen LogP contribution in [-0.4, -0.2) is 13.1 Å². The number of halogens is 1. The van der Waals surface area contributed by atoms with Crippen LogP contribution in [0.3, 0.4) is 0 Å². The molecule has 0 aliphatic heterocycles. The largest absolute Gasteiger partial charge is 0.545 e. The molecule has 0 heterocycles. The zero-order valence-corrected chi connectivity index (χ0v) is 14.5. The Balaban J connectivity index is 1.92.